The van der Waals surface area contributed by atoms with Crippen LogP contribution in [0.15, 0.2) is 36.4 Å². The van der Waals surface area contributed by atoms with Crippen molar-refractivity contribution in [3.63, 3.8) is 0 Å². The molecule has 0 heterocycles. The molecule has 3 nitrogen and oxygen atoms in total. The lowest BCUT2D eigenvalue weighted by molar-refractivity contribution is 0.279. The number of alkyl halides is 1. The summed E-state index contributed by atoms with van der Waals surface area (Å²) in [4.78, 5) is 0. The molecular weight excluding hydrogens is 295 g/mol. The SMILES string of the molecule is COc1ccc(COc2ccc(CCl)cc2OC)c(F)c1. The monoisotopic (exact) mass is 310 g/mol. The largest absolute Gasteiger partial charge is 0.497 e. The summed E-state index contributed by atoms with van der Waals surface area (Å²) in [5.74, 6) is 1.61. The Balaban J connectivity index is 2.12. The van der Waals surface area contributed by atoms with Crippen LogP contribution in [0.2, 0.25) is 0 Å². The summed E-state index contributed by atoms with van der Waals surface area (Å²) in [7, 11) is 3.04. The van der Waals surface area contributed by atoms with Crippen LogP contribution < -0.4 is 14.2 Å². The third-order valence-corrected chi connectivity index (χ3v) is 3.33. The van der Waals surface area contributed by atoms with Crippen LogP contribution in [0, 0.1) is 5.82 Å². The summed E-state index contributed by atoms with van der Waals surface area (Å²) in [6.07, 6.45) is 0. The Morgan fingerprint density at radius 2 is 1.81 bits per heavy atom. The van der Waals surface area contributed by atoms with E-state index in [1.807, 2.05) is 6.07 Å². The molecule has 21 heavy (non-hydrogen) atoms. The zero-order chi connectivity index (χ0) is 15.2. The molecule has 0 amide bonds. The van der Waals surface area contributed by atoms with Crippen molar-refractivity contribution in [1.29, 1.82) is 0 Å². The molecule has 2 aromatic carbocycles. The second-order valence-electron chi connectivity index (χ2n) is 4.36. The number of hydrogen-bond donors (Lipinski definition) is 0. The molecule has 0 aromatic heterocycles. The molecule has 0 radical (unpaired) electrons. The van der Waals surface area contributed by atoms with E-state index >= 15 is 0 Å². The average Bonchev–Trinajstić information content (AvgIpc) is 2.53. The van der Waals surface area contributed by atoms with Crippen LogP contribution in [-0.2, 0) is 12.5 Å². The molecule has 0 saturated heterocycles. The van der Waals surface area contributed by atoms with E-state index in [1.165, 1.54) is 13.2 Å². The van der Waals surface area contributed by atoms with Gasteiger partial charge in [-0.25, -0.2) is 4.39 Å². The molecule has 0 saturated carbocycles. The van der Waals surface area contributed by atoms with Crippen LogP contribution in [0.25, 0.3) is 0 Å². The molecule has 0 atom stereocenters. The van der Waals surface area contributed by atoms with Crippen molar-refractivity contribution in [3.8, 4) is 17.2 Å². The van der Waals surface area contributed by atoms with Crippen LogP contribution in [0.4, 0.5) is 4.39 Å². The first-order valence-corrected chi connectivity index (χ1v) is 6.89. The van der Waals surface area contributed by atoms with E-state index in [-0.39, 0.29) is 12.4 Å². The number of halogens is 2. The highest BCUT2D eigenvalue weighted by molar-refractivity contribution is 6.17. The Morgan fingerprint density at radius 1 is 1.00 bits per heavy atom. The molecule has 2 rings (SSSR count). The third-order valence-electron chi connectivity index (χ3n) is 3.03. The predicted octanol–water partition coefficient (Wildman–Crippen LogP) is 4.16. The predicted molar refractivity (Wildman–Crippen MR) is 79.8 cm³/mol. The van der Waals surface area contributed by atoms with Crippen molar-refractivity contribution in [1.82, 2.24) is 0 Å². The molecule has 0 aliphatic carbocycles. The minimum atomic E-state index is -0.370. The molecule has 0 aliphatic rings. The fourth-order valence-electron chi connectivity index (χ4n) is 1.84. The summed E-state index contributed by atoms with van der Waals surface area (Å²) in [6.45, 7) is 0.104. The maximum atomic E-state index is 13.8. The number of methoxy groups -OCH3 is 2. The zero-order valence-corrected chi connectivity index (χ0v) is 12.6. The van der Waals surface area contributed by atoms with Gasteiger partial charge < -0.3 is 14.2 Å². The van der Waals surface area contributed by atoms with Crippen molar-refractivity contribution in [2.24, 2.45) is 0 Å². The Bertz CT molecular complexity index is 616. The van der Waals surface area contributed by atoms with Gasteiger partial charge >= 0.3 is 0 Å². The summed E-state index contributed by atoms with van der Waals surface area (Å²) >= 11 is 5.77. The normalized spacial score (nSPS) is 10.3. The number of benzene rings is 2. The molecule has 0 spiro atoms. The van der Waals surface area contributed by atoms with E-state index in [2.05, 4.69) is 0 Å². The van der Waals surface area contributed by atoms with Gasteiger partial charge in [-0.2, -0.15) is 0 Å². The Kier molecular flexibility index (Phi) is 5.28. The second-order valence-corrected chi connectivity index (χ2v) is 4.63. The first kappa shape index (κ1) is 15.4. The van der Waals surface area contributed by atoms with Gasteiger partial charge in [-0.3, -0.25) is 0 Å². The van der Waals surface area contributed by atoms with E-state index in [0.717, 1.165) is 5.56 Å². The van der Waals surface area contributed by atoms with Gasteiger partial charge in [0.05, 0.1) is 14.2 Å². The zero-order valence-electron chi connectivity index (χ0n) is 11.9. The molecule has 0 aliphatic heterocycles. The Morgan fingerprint density at radius 3 is 2.43 bits per heavy atom. The molecule has 2 aromatic rings. The van der Waals surface area contributed by atoms with Gasteiger partial charge in [0.15, 0.2) is 11.5 Å². The fraction of sp³-hybridized carbons (Fsp3) is 0.250. The van der Waals surface area contributed by atoms with Crippen LogP contribution in [-0.4, -0.2) is 14.2 Å². The number of ether oxygens (including phenoxy) is 3. The van der Waals surface area contributed by atoms with E-state index < -0.39 is 0 Å². The third kappa shape index (κ3) is 3.79. The van der Waals surface area contributed by atoms with Crippen molar-refractivity contribution in [3.05, 3.63) is 53.3 Å². The Hall–Kier alpha value is -1.94. The smallest absolute Gasteiger partial charge is 0.161 e. The highest BCUT2D eigenvalue weighted by Crippen LogP contribution is 2.29. The van der Waals surface area contributed by atoms with Crippen molar-refractivity contribution >= 4 is 11.6 Å². The topological polar surface area (TPSA) is 27.7 Å². The minimum Gasteiger partial charge on any atom is -0.497 e. The van der Waals surface area contributed by atoms with Gasteiger partial charge in [0.25, 0.3) is 0 Å². The molecule has 0 bridgehead atoms. The standard InChI is InChI=1S/C16H16ClFO3/c1-19-13-5-4-12(14(18)8-13)10-21-15-6-3-11(9-17)7-16(15)20-2/h3-8H,9-10H2,1-2H3. The van der Waals surface area contributed by atoms with Crippen LogP contribution >= 0.6 is 11.6 Å². The summed E-state index contributed by atoms with van der Waals surface area (Å²) in [6, 6.07) is 10.1. The van der Waals surface area contributed by atoms with Gasteiger partial charge in [-0.1, -0.05) is 6.07 Å². The van der Waals surface area contributed by atoms with Crippen LogP contribution in [0.1, 0.15) is 11.1 Å². The summed E-state index contributed by atoms with van der Waals surface area (Å²) in [5.41, 5.74) is 1.37. The van der Waals surface area contributed by atoms with Crippen molar-refractivity contribution < 1.29 is 18.6 Å². The first-order valence-electron chi connectivity index (χ1n) is 6.36. The van der Waals surface area contributed by atoms with Crippen LogP contribution in [0.5, 0.6) is 17.2 Å². The van der Waals surface area contributed by atoms with Crippen LogP contribution in [0.3, 0.4) is 0 Å². The summed E-state index contributed by atoms with van der Waals surface area (Å²) in [5, 5.41) is 0. The molecule has 0 N–H and O–H groups in total. The van der Waals surface area contributed by atoms with E-state index in [0.29, 0.717) is 28.7 Å². The quantitative estimate of drug-likeness (QED) is 0.750. The van der Waals surface area contributed by atoms with E-state index in [4.69, 9.17) is 25.8 Å². The van der Waals surface area contributed by atoms with E-state index in [1.54, 1.807) is 31.4 Å². The van der Waals surface area contributed by atoms with Gasteiger partial charge in [-0.05, 0) is 29.8 Å². The number of rotatable bonds is 6. The highest BCUT2D eigenvalue weighted by atomic mass is 35.5. The Labute approximate surface area is 128 Å². The maximum absolute atomic E-state index is 13.8. The lowest BCUT2D eigenvalue weighted by atomic mass is 10.2. The van der Waals surface area contributed by atoms with Crippen molar-refractivity contribution in [2.45, 2.75) is 12.5 Å². The van der Waals surface area contributed by atoms with Gasteiger partial charge in [0.2, 0.25) is 0 Å². The lowest BCUT2D eigenvalue weighted by Crippen LogP contribution is -2.01. The molecule has 0 fully saturated rings. The molecule has 0 unspecified atom stereocenters. The van der Waals surface area contributed by atoms with Gasteiger partial charge in [-0.15, -0.1) is 11.6 Å². The number of hydrogen-bond acceptors (Lipinski definition) is 3. The van der Waals surface area contributed by atoms with E-state index in [9.17, 15) is 4.39 Å². The molecule has 112 valence electrons. The van der Waals surface area contributed by atoms with Gasteiger partial charge in [0, 0.05) is 17.5 Å². The van der Waals surface area contributed by atoms with Gasteiger partial charge in [0.1, 0.15) is 18.2 Å². The second kappa shape index (κ2) is 7.18. The fourth-order valence-corrected chi connectivity index (χ4v) is 2.01. The maximum Gasteiger partial charge on any atom is 0.161 e. The minimum absolute atomic E-state index is 0.104. The van der Waals surface area contributed by atoms with Crippen molar-refractivity contribution in [2.75, 3.05) is 14.2 Å². The molecular formula is C16H16ClFO3. The molecule has 5 heteroatoms. The first-order chi connectivity index (χ1) is 10.2. The summed E-state index contributed by atoms with van der Waals surface area (Å²) < 4.78 is 29.7. The average molecular weight is 311 g/mol. The lowest BCUT2D eigenvalue weighted by Gasteiger charge is -2.12. The highest BCUT2D eigenvalue weighted by Gasteiger charge is 2.09.